The summed E-state index contributed by atoms with van der Waals surface area (Å²) < 4.78 is 18.5. The highest BCUT2D eigenvalue weighted by atomic mass is 35.5. The lowest BCUT2D eigenvalue weighted by molar-refractivity contribution is 0.0599. The zero-order valence-electron chi connectivity index (χ0n) is 10.3. The summed E-state index contributed by atoms with van der Waals surface area (Å²) >= 11 is 5.99. The molecule has 0 aromatic heterocycles. The van der Waals surface area contributed by atoms with E-state index >= 15 is 0 Å². The van der Waals surface area contributed by atoms with Crippen LogP contribution in [0.25, 0.3) is 0 Å². The van der Waals surface area contributed by atoms with Crippen LogP contribution in [-0.4, -0.2) is 13.1 Å². The molecule has 0 unspecified atom stereocenters. The zero-order chi connectivity index (χ0) is 13.8. The quantitative estimate of drug-likeness (QED) is 0.797. The van der Waals surface area contributed by atoms with E-state index in [1.807, 2.05) is 0 Å². The Labute approximate surface area is 115 Å². The molecule has 2 aromatic carbocycles. The van der Waals surface area contributed by atoms with E-state index in [1.165, 1.54) is 13.2 Å². The Morgan fingerprint density at radius 3 is 2.63 bits per heavy atom. The first kappa shape index (κ1) is 13.6. The van der Waals surface area contributed by atoms with E-state index < -0.39 is 5.97 Å². The molecule has 0 N–H and O–H groups in total. The van der Waals surface area contributed by atoms with Crippen molar-refractivity contribution < 1.29 is 13.9 Å². The van der Waals surface area contributed by atoms with Gasteiger partial charge in [0.05, 0.1) is 12.7 Å². The molecule has 2 aromatic rings. The van der Waals surface area contributed by atoms with Crippen molar-refractivity contribution in [2.45, 2.75) is 6.42 Å². The largest absolute Gasteiger partial charge is 0.465 e. The summed E-state index contributed by atoms with van der Waals surface area (Å²) in [6.07, 6.45) is 0.247. The number of carbonyl (C=O) groups is 1. The Balaban J connectivity index is 2.42. The average Bonchev–Trinajstić information content (AvgIpc) is 2.42. The third-order valence-electron chi connectivity index (χ3n) is 2.85. The third kappa shape index (κ3) is 2.93. The number of ether oxygens (including phenoxy) is 1. The van der Waals surface area contributed by atoms with Gasteiger partial charge in [0.25, 0.3) is 0 Å². The lowest BCUT2D eigenvalue weighted by Crippen LogP contribution is -2.06. The van der Waals surface area contributed by atoms with E-state index in [0.717, 1.165) is 0 Å². The van der Waals surface area contributed by atoms with E-state index in [0.29, 0.717) is 21.7 Å². The maximum Gasteiger partial charge on any atom is 0.338 e. The molecule has 0 atom stereocenters. The smallest absolute Gasteiger partial charge is 0.338 e. The van der Waals surface area contributed by atoms with Crippen molar-refractivity contribution in [1.82, 2.24) is 0 Å². The van der Waals surface area contributed by atoms with Crippen molar-refractivity contribution in [3.05, 3.63) is 70.0 Å². The minimum absolute atomic E-state index is 0.247. The van der Waals surface area contributed by atoms with Crippen LogP contribution in [0.1, 0.15) is 21.5 Å². The van der Waals surface area contributed by atoms with Crippen molar-refractivity contribution in [2.24, 2.45) is 0 Å². The maximum atomic E-state index is 13.8. The Morgan fingerprint density at radius 1 is 1.21 bits per heavy atom. The first-order valence-electron chi connectivity index (χ1n) is 5.72. The van der Waals surface area contributed by atoms with Crippen LogP contribution < -0.4 is 0 Å². The van der Waals surface area contributed by atoms with Crippen molar-refractivity contribution >= 4 is 17.6 Å². The second kappa shape index (κ2) is 5.85. The fraction of sp³-hybridized carbons (Fsp3) is 0.133. The number of halogens is 2. The van der Waals surface area contributed by atoms with Crippen molar-refractivity contribution in [2.75, 3.05) is 7.11 Å². The summed E-state index contributed by atoms with van der Waals surface area (Å²) in [6.45, 7) is 0. The number of methoxy groups -OCH3 is 1. The highest BCUT2D eigenvalue weighted by Crippen LogP contribution is 2.24. The summed E-state index contributed by atoms with van der Waals surface area (Å²) in [5.74, 6) is -0.824. The summed E-state index contributed by atoms with van der Waals surface area (Å²) in [6, 6.07) is 11.5. The fourth-order valence-electron chi connectivity index (χ4n) is 1.88. The van der Waals surface area contributed by atoms with Gasteiger partial charge in [-0.1, -0.05) is 35.9 Å². The van der Waals surface area contributed by atoms with Crippen LogP contribution in [0.4, 0.5) is 4.39 Å². The molecule has 0 fully saturated rings. The maximum absolute atomic E-state index is 13.8. The van der Waals surface area contributed by atoms with Crippen molar-refractivity contribution in [3.63, 3.8) is 0 Å². The molecule has 98 valence electrons. The summed E-state index contributed by atoms with van der Waals surface area (Å²) in [4.78, 5) is 11.6. The molecule has 2 rings (SSSR count). The molecule has 0 aliphatic carbocycles. The van der Waals surface area contributed by atoms with Gasteiger partial charge >= 0.3 is 5.97 Å². The molecule has 0 aliphatic rings. The van der Waals surface area contributed by atoms with Gasteiger partial charge in [-0.2, -0.15) is 0 Å². The molecule has 2 nitrogen and oxygen atoms in total. The Bertz CT molecular complexity index is 591. The van der Waals surface area contributed by atoms with Crippen LogP contribution in [0, 0.1) is 5.82 Å². The van der Waals surface area contributed by atoms with Crippen LogP contribution in [0.5, 0.6) is 0 Å². The summed E-state index contributed by atoms with van der Waals surface area (Å²) in [5, 5.41) is 0.347. The average molecular weight is 279 g/mol. The molecule has 0 aliphatic heterocycles. The van der Waals surface area contributed by atoms with Gasteiger partial charge in [0.2, 0.25) is 0 Å². The molecular formula is C15H12ClFO2. The molecule has 0 radical (unpaired) electrons. The van der Waals surface area contributed by atoms with Crippen molar-refractivity contribution in [1.29, 1.82) is 0 Å². The number of benzene rings is 2. The lowest BCUT2D eigenvalue weighted by atomic mass is 9.99. The zero-order valence-corrected chi connectivity index (χ0v) is 11.1. The predicted molar refractivity (Wildman–Crippen MR) is 72.0 cm³/mol. The number of rotatable bonds is 3. The molecule has 4 heteroatoms. The Morgan fingerprint density at radius 2 is 1.95 bits per heavy atom. The van der Waals surface area contributed by atoms with E-state index in [4.69, 9.17) is 16.3 Å². The molecule has 0 bridgehead atoms. The Hall–Kier alpha value is -1.87. The Kier molecular flexibility index (Phi) is 4.17. The standard InChI is InChI=1S/C15H12ClFO2/c1-19-15(18)11-6-3-2-5-10(11)9-12-13(16)7-4-8-14(12)17/h2-8H,9H2,1H3. The molecule has 0 saturated carbocycles. The number of carbonyl (C=O) groups excluding carboxylic acids is 1. The van der Waals surface area contributed by atoms with Crippen LogP contribution in [-0.2, 0) is 11.2 Å². The first-order chi connectivity index (χ1) is 9.13. The monoisotopic (exact) mass is 278 g/mol. The summed E-state index contributed by atoms with van der Waals surface area (Å²) in [7, 11) is 1.31. The third-order valence-corrected chi connectivity index (χ3v) is 3.21. The van der Waals surface area contributed by atoms with Gasteiger partial charge in [-0.15, -0.1) is 0 Å². The second-order valence-electron chi connectivity index (χ2n) is 4.03. The van der Waals surface area contributed by atoms with Crippen molar-refractivity contribution in [3.8, 4) is 0 Å². The van der Waals surface area contributed by atoms with Gasteiger partial charge in [0.15, 0.2) is 0 Å². The summed E-state index contributed by atoms with van der Waals surface area (Å²) in [5.41, 5.74) is 1.48. The van der Waals surface area contributed by atoms with Crippen LogP contribution >= 0.6 is 11.6 Å². The van der Waals surface area contributed by atoms with E-state index in [2.05, 4.69) is 0 Å². The van der Waals surface area contributed by atoms with Gasteiger partial charge in [-0.25, -0.2) is 9.18 Å². The SMILES string of the molecule is COC(=O)c1ccccc1Cc1c(F)cccc1Cl. The normalized spacial score (nSPS) is 10.3. The minimum atomic E-state index is -0.442. The topological polar surface area (TPSA) is 26.3 Å². The van der Waals surface area contributed by atoms with Gasteiger partial charge < -0.3 is 4.74 Å². The second-order valence-corrected chi connectivity index (χ2v) is 4.43. The minimum Gasteiger partial charge on any atom is -0.465 e. The van der Waals surface area contributed by atoms with Gasteiger partial charge in [-0.05, 0) is 23.8 Å². The first-order valence-corrected chi connectivity index (χ1v) is 6.10. The highest BCUT2D eigenvalue weighted by molar-refractivity contribution is 6.31. The molecule has 0 amide bonds. The number of hydrogen-bond donors (Lipinski definition) is 0. The molecule has 0 heterocycles. The lowest BCUT2D eigenvalue weighted by Gasteiger charge is -2.09. The van der Waals surface area contributed by atoms with Crippen LogP contribution in [0.2, 0.25) is 5.02 Å². The fourth-order valence-corrected chi connectivity index (χ4v) is 2.11. The predicted octanol–water partition coefficient (Wildman–Crippen LogP) is 3.86. The van der Waals surface area contributed by atoms with E-state index in [1.54, 1.807) is 36.4 Å². The van der Waals surface area contributed by atoms with Gasteiger partial charge in [-0.3, -0.25) is 0 Å². The van der Waals surface area contributed by atoms with Crippen LogP contribution in [0.3, 0.4) is 0 Å². The molecule has 0 spiro atoms. The number of hydrogen-bond acceptors (Lipinski definition) is 2. The number of esters is 1. The van der Waals surface area contributed by atoms with Gasteiger partial charge in [0.1, 0.15) is 5.82 Å². The van der Waals surface area contributed by atoms with Gasteiger partial charge in [0, 0.05) is 17.0 Å². The molecule has 19 heavy (non-hydrogen) atoms. The highest BCUT2D eigenvalue weighted by Gasteiger charge is 2.14. The van der Waals surface area contributed by atoms with E-state index in [9.17, 15) is 9.18 Å². The van der Waals surface area contributed by atoms with Crippen LogP contribution in [0.15, 0.2) is 42.5 Å². The molecular weight excluding hydrogens is 267 g/mol. The van der Waals surface area contributed by atoms with E-state index in [-0.39, 0.29) is 12.2 Å². The molecule has 0 saturated heterocycles.